The Morgan fingerprint density at radius 3 is 2.64 bits per heavy atom. The number of hydrogen-bond acceptors (Lipinski definition) is 5. The van der Waals surface area contributed by atoms with Gasteiger partial charge in [0.2, 0.25) is 0 Å². The first-order chi connectivity index (χ1) is 13.5. The number of amides is 1. The van der Waals surface area contributed by atoms with E-state index in [4.69, 9.17) is 9.84 Å². The lowest BCUT2D eigenvalue weighted by atomic mass is 9.86. The summed E-state index contributed by atoms with van der Waals surface area (Å²) in [5.74, 6) is -1.21. The lowest BCUT2D eigenvalue weighted by molar-refractivity contribution is -0.0311. The molecule has 148 valence electrons. The molecule has 2 bridgehead atoms. The van der Waals surface area contributed by atoms with Gasteiger partial charge in [-0.3, -0.25) is 9.80 Å². The smallest absolute Gasteiger partial charge is 0.415 e. The second kappa shape index (κ2) is 7.89. The van der Waals surface area contributed by atoms with E-state index in [1.54, 1.807) is 12.1 Å². The van der Waals surface area contributed by atoms with Crippen LogP contribution in [0.3, 0.4) is 0 Å². The van der Waals surface area contributed by atoms with Crippen molar-refractivity contribution < 1.29 is 23.8 Å². The third-order valence-electron chi connectivity index (χ3n) is 5.43. The minimum atomic E-state index is -1.03. The molecule has 6 nitrogen and oxygen atoms in total. The van der Waals surface area contributed by atoms with E-state index >= 15 is 0 Å². The summed E-state index contributed by atoms with van der Waals surface area (Å²) in [6, 6.07) is 7.54. The SMILES string of the molecule is O=C(O)c1csc(CN(C(=O)O[C@H]2CN3CCC2CC3)c2ccccc2F)c1. The molecule has 5 rings (SSSR count). The molecule has 8 heteroatoms. The average molecular weight is 404 g/mol. The lowest BCUT2D eigenvalue weighted by Gasteiger charge is -2.44. The van der Waals surface area contributed by atoms with Crippen LogP contribution in [0.25, 0.3) is 0 Å². The average Bonchev–Trinajstić information content (AvgIpc) is 3.17. The van der Waals surface area contributed by atoms with E-state index < -0.39 is 17.9 Å². The van der Waals surface area contributed by atoms with E-state index in [-0.39, 0.29) is 23.9 Å². The van der Waals surface area contributed by atoms with Gasteiger partial charge in [0.25, 0.3) is 0 Å². The summed E-state index contributed by atoms with van der Waals surface area (Å²) in [7, 11) is 0. The van der Waals surface area contributed by atoms with Gasteiger partial charge in [-0.1, -0.05) is 12.1 Å². The van der Waals surface area contributed by atoms with Gasteiger partial charge in [0.1, 0.15) is 11.9 Å². The van der Waals surface area contributed by atoms with Crippen LogP contribution in [0.5, 0.6) is 0 Å². The highest BCUT2D eigenvalue weighted by Gasteiger charge is 2.37. The van der Waals surface area contributed by atoms with Crippen LogP contribution >= 0.6 is 11.3 Å². The van der Waals surface area contributed by atoms with Crippen LogP contribution in [0.2, 0.25) is 0 Å². The third-order valence-corrected chi connectivity index (χ3v) is 6.35. The number of carboxylic acids is 1. The van der Waals surface area contributed by atoms with Crippen molar-refractivity contribution in [3.63, 3.8) is 0 Å². The van der Waals surface area contributed by atoms with E-state index in [0.29, 0.717) is 17.3 Å². The first kappa shape index (κ1) is 18.9. The second-order valence-corrected chi connectivity index (χ2v) is 8.20. The fraction of sp³-hybridized carbons (Fsp3) is 0.400. The van der Waals surface area contributed by atoms with E-state index in [0.717, 1.165) is 25.9 Å². The molecule has 0 saturated carbocycles. The predicted molar refractivity (Wildman–Crippen MR) is 103 cm³/mol. The quantitative estimate of drug-likeness (QED) is 0.820. The zero-order chi connectivity index (χ0) is 19.7. The van der Waals surface area contributed by atoms with E-state index in [1.165, 1.54) is 39.8 Å². The number of aromatic carboxylic acids is 1. The van der Waals surface area contributed by atoms with E-state index in [1.807, 2.05) is 0 Å². The molecule has 3 aliphatic heterocycles. The topological polar surface area (TPSA) is 70.1 Å². The summed E-state index contributed by atoms with van der Waals surface area (Å²) in [6.45, 7) is 2.83. The van der Waals surface area contributed by atoms with Crippen molar-refractivity contribution in [3.8, 4) is 0 Å². The van der Waals surface area contributed by atoms with Gasteiger partial charge >= 0.3 is 12.1 Å². The molecular formula is C20H21FN2O4S. The van der Waals surface area contributed by atoms with Crippen LogP contribution in [0, 0.1) is 11.7 Å². The van der Waals surface area contributed by atoms with Crippen LogP contribution in [-0.4, -0.2) is 47.8 Å². The number of nitrogens with zero attached hydrogens (tertiary/aromatic N) is 2. The molecule has 1 aromatic carbocycles. The highest BCUT2D eigenvalue weighted by Crippen LogP contribution is 2.31. The number of carbonyl (C=O) groups excluding carboxylic acids is 1. The first-order valence-corrected chi connectivity index (χ1v) is 10.1. The highest BCUT2D eigenvalue weighted by molar-refractivity contribution is 7.10. The van der Waals surface area contributed by atoms with Crippen molar-refractivity contribution in [2.24, 2.45) is 5.92 Å². The van der Waals surface area contributed by atoms with Crippen LogP contribution in [0.1, 0.15) is 28.1 Å². The van der Waals surface area contributed by atoms with Gasteiger partial charge in [0.15, 0.2) is 0 Å². The normalized spacial score (nSPS) is 23.4. The van der Waals surface area contributed by atoms with Crippen molar-refractivity contribution in [1.29, 1.82) is 0 Å². The van der Waals surface area contributed by atoms with Gasteiger partial charge in [0.05, 0.1) is 17.8 Å². The number of benzene rings is 1. The van der Waals surface area contributed by atoms with Gasteiger partial charge in [-0.15, -0.1) is 11.3 Å². The predicted octanol–water partition coefficient (Wildman–Crippen LogP) is 3.82. The molecule has 28 heavy (non-hydrogen) atoms. The molecule has 3 saturated heterocycles. The van der Waals surface area contributed by atoms with Crippen LogP contribution < -0.4 is 4.90 Å². The molecule has 0 radical (unpaired) electrons. The number of halogens is 1. The number of rotatable bonds is 5. The zero-order valence-corrected chi connectivity index (χ0v) is 16.0. The largest absolute Gasteiger partial charge is 0.478 e. The van der Waals surface area contributed by atoms with Crippen molar-refractivity contribution in [2.45, 2.75) is 25.5 Å². The molecule has 0 spiro atoms. The van der Waals surface area contributed by atoms with Gasteiger partial charge in [-0.2, -0.15) is 0 Å². The molecule has 3 fully saturated rings. The number of hydrogen-bond donors (Lipinski definition) is 1. The minimum absolute atomic E-state index is 0.0544. The first-order valence-electron chi connectivity index (χ1n) is 9.27. The third kappa shape index (κ3) is 3.88. The molecule has 4 heterocycles. The number of para-hydroxylation sites is 1. The molecule has 1 aromatic heterocycles. The zero-order valence-electron chi connectivity index (χ0n) is 15.2. The van der Waals surface area contributed by atoms with Crippen LogP contribution in [0.15, 0.2) is 35.7 Å². The number of fused-ring (bicyclic) bond motifs is 3. The summed E-state index contributed by atoms with van der Waals surface area (Å²) in [4.78, 5) is 28.3. The molecule has 2 aromatic rings. The fourth-order valence-corrected chi connectivity index (χ4v) is 4.73. The molecule has 0 aliphatic carbocycles. The summed E-state index contributed by atoms with van der Waals surface area (Å²) in [6.07, 6.45) is 1.21. The number of carbonyl (C=O) groups is 2. The Hall–Kier alpha value is -2.45. The fourth-order valence-electron chi connectivity index (χ4n) is 3.89. The number of thiophene rings is 1. The van der Waals surface area contributed by atoms with Crippen molar-refractivity contribution >= 4 is 29.1 Å². The van der Waals surface area contributed by atoms with E-state index in [2.05, 4.69) is 4.90 Å². The Morgan fingerprint density at radius 1 is 1.29 bits per heavy atom. The van der Waals surface area contributed by atoms with Gasteiger partial charge in [-0.05, 0) is 50.0 Å². The van der Waals surface area contributed by atoms with Crippen molar-refractivity contribution in [3.05, 3.63) is 52.0 Å². The maximum atomic E-state index is 14.4. The summed E-state index contributed by atoms with van der Waals surface area (Å²) in [5, 5.41) is 10.6. The molecule has 1 amide bonds. The minimum Gasteiger partial charge on any atom is -0.478 e. The van der Waals surface area contributed by atoms with Crippen LogP contribution in [-0.2, 0) is 11.3 Å². The number of piperidine rings is 3. The monoisotopic (exact) mass is 404 g/mol. The Kier molecular flexibility index (Phi) is 5.32. The van der Waals surface area contributed by atoms with Crippen molar-refractivity contribution in [1.82, 2.24) is 4.90 Å². The molecule has 3 aliphatic rings. The summed E-state index contributed by atoms with van der Waals surface area (Å²) < 4.78 is 20.2. The number of carboxylic acid groups (broad SMARTS) is 1. The van der Waals surface area contributed by atoms with Crippen molar-refractivity contribution in [2.75, 3.05) is 24.5 Å². The van der Waals surface area contributed by atoms with E-state index in [9.17, 15) is 14.0 Å². The van der Waals surface area contributed by atoms with Gasteiger partial charge < -0.3 is 9.84 Å². The second-order valence-electron chi connectivity index (χ2n) is 7.20. The van der Waals surface area contributed by atoms with Crippen LogP contribution in [0.4, 0.5) is 14.9 Å². The molecule has 1 atom stereocenters. The van der Waals surface area contributed by atoms with Gasteiger partial charge in [-0.25, -0.2) is 14.0 Å². The highest BCUT2D eigenvalue weighted by atomic mass is 32.1. The maximum Gasteiger partial charge on any atom is 0.415 e. The standard InChI is InChI=1S/C20H21FN2O4S/c21-16-3-1-2-4-17(16)23(10-15-9-14(12-28-15)19(24)25)20(26)27-18-11-22-7-5-13(18)6-8-22/h1-4,9,12-13,18H,5-8,10-11H2,(H,24,25)/t18-/m0/s1. The number of ether oxygens (including phenoxy) is 1. The lowest BCUT2D eigenvalue weighted by Crippen LogP contribution is -2.53. The Bertz CT molecular complexity index is 879. The molecule has 1 N–H and O–H groups in total. The Labute approximate surface area is 166 Å². The Balaban J connectivity index is 1.56. The molecular weight excluding hydrogens is 383 g/mol. The summed E-state index contributed by atoms with van der Waals surface area (Å²) in [5.41, 5.74) is 0.276. The molecule has 0 unspecified atom stereocenters. The summed E-state index contributed by atoms with van der Waals surface area (Å²) >= 11 is 1.22. The van der Waals surface area contributed by atoms with Gasteiger partial charge in [0, 0.05) is 16.8 Å². The maximum absolute atomic E-state index is 14.4. The number of anilines is 1. The Morgan fingerprint density at radius 2 is 2.04 bits per heavy atom.